The predicted octanol–water partition coefficient (Wildman–Crippen LogP) is 1.06. The molecular weight excluding hydrogens is 306 g/mol. The fraction of sp³-hybridized carbons (Fsp3) is 0.368. The van der Waals surface area contributed by atoms with Gasteiger partial charge in [-0.25, -0.2) is 0 Å². The van der Waals surface area contributed by atoms with E-state index in [1.165, 1.54) is 0 Å². The molecule has 0 aliphatic carbocycles. The van der Waals surface area contributed by atoms with Crippen LogP contribution in [-0.4, -0.2) is 29.6 Å². The summed E-state index contributed by atoms with van der Waals surface area (Å²) in [6.45, 7) is 5.87. The molecule has 5 nitrogen and oxygen atoms in total. The molecule has 0 N–H and O–H groups in total. The first-order chi connectivity index (χ1) is 11.5. The summed E-state index contributed by atoms with van der Waals surface area (Å²) < 4.78 is 6.06. The number of fused-ring (bicyclic) bond motifs is 1. The highest BCUT2D eigenvalue weighted by Gasteiger charge is 2.69. The number of anilines is 1. The number of aliphatic carboxylic acids is 1. The van der Waals surface area contributed by atoms with Crippen LogP contribution in [0.5, 0.6) is 0 Å². The third kappa shape index (κ3) is 1.85. The summed E-state index contributed by atoms with van der Waals surface area (Å²) in [5.41, 5.74) is 0.748. The SMILES string of the molecule is C=C(C)C[C@H]1N(c2ccccc2)C(=O)[C@H]2[C@@H](C(=O)[O-])[C@H]3C=C[C@]21O3. The van der Waals surface area contributed by atoms with Gasteiger partial charge in [-0.1, -0.05) is 35.9 Å². The van der Waals surface area contributed by atoms with Gasteiger partial charge >= 0.3 is 0 Å². The van der Waals surface area contributed by atoms with E-state index in [4.69, 9.17) is 4.74 Å². The third-order valence-corrected chi connectivity index (χ3v) is 5.27. The van der Waals surface area contributed by atoms with E-state index >= 15 is 0 Å². The third-order valence-electron chi connectivity index (χ3n) is 5.27. The number of benzene rings is 1. The lowest BCUT2D eigenvalue weighted by atomic mass is 9.74. The Hall–Kier alpha value is -2.40. The molecule has 5 heteroatoms. The Morgan fingerprint density at radius 2 is 2.08 bits per heavy atom. The van der Waals surface area contributed by atoms with E-state index in [-0.39, 0.29) is 11.9 Å². The van der Waals surface area contributed by atoms with Crippen molar-refractivity contribution in [1.29, 1.82) is 0 Å². The fourth-order valence-electron chi connectivity index (χ4n) is 4.40. The maximum atomic E-state index is 13.2. The summed E-state index contributed by atoms with van der Waals surface area (Å²) in [6.07, 6.45) is 3.59. The summed E-state index contributed by atoms with van der Waals surface area (Å²) in [4.78, 5) is 26.5. The van der Waals surface area contributed by atoms with Gasteiger partial charge in [-0.15, -0.1) is 6.58 Å². The van der Waals surface area contributed by atoms with E-state index in [2.05, 4.69) is 6.58 Å². The number of hydrogen-bond acceptors (Lipinski definition) is 4. The molecule has 0 radical (unpaired) electrons. The number of rotatable bonds is 4. The number of amides is 1. The zero-order chi connectivity index (χ0) is 17.1. The van der Waals surface area contributed by atoms with Gasteiger partial charge in [0.05, 0.1) is 18.1 Å². The Morgan fingerprint density at radius 3 is 2.71 bits per heavy atom. The normalized spacial score (nSPS) is 36.2. The van der Waals surface area contributed by atoms with Crippen LogP contribution in [0.25, 0.3) is 0 Å². The molecule has 3 aliphatic heterocycles. The minimum atomic E-state index is -1.23. The first kappa shape index (κ1) is 15.1. The lowest BCUT2D eigenvalue weighted by Gasteiger charge is -2.33. The Morgan fingerprint density at radius 1 is 1.38 bits per heavy atom. The van der Waals surface area contributed by atoms with Crippen molar-refractivity contribution >= 4 is 17.6 Å². The molecule has 1 aromatic carbocycles. The second-order valence-electron chi connectivity index (χ2n) is 6.84. The Bertz CT molecular complexity index is 756. The molecule has 3 aliphatic rings. The van der Waals surface area contributed by atoms with Crippen molar-refractivity contribution in [1.82, 2.24) is 0 Å². The molecule has 4 rings (SSSR count). The highest BCUT2D eigenvalue weighted by molar-refractivity contribution is 6.03. The van der Waals surface area contributed by atoms with Crippen LogP contribution >= 0.6 is 0 Å². The number of carbonyl (C=O) groups excluding carboxylic acids is 2. The van der Waals surface area contributed by atoms with Crippen LogP contribution in [0.2, 0.25) is 0 Å². The van der Waals surface area contributed by atoms with Crippen molar-refractivity contribution in [3.05, 3.63) is 54.6 Å². The second kappa shape index (κ2) is 5.05. The van der Waals surface area contributed by atoms with E-state index in [1.807, 2.05) is 43.3 Å². The van der Waals surface area contributed by atoms with Gasteiger partial charge in [-0.2, -0.15) is 0 Å². The van der Waals surface area contributed by atoms with Crippen molar-refractivity contribution in [3.8, 4) is 0 Å². The summed E-state index contributed by atoms with van der Waals surface area (Å²) in [5.74, 6) is -3.13. The van der Waals surface area contributed by atoms with Crippen molar-refractivity contribution in [2.24, 2.45) is 11.8 Å². The molecule has 1 aromatic rings. The monoisotopic (exact) mass is 324 g/mol. The van der Waals surface area contributed by atoms with Crippen LogP contribution in [0.4, 0.5) is 5.69 Å². The number of para-hydroxylation sites is 1. The molecule has 1 spiro atoms. The summed E-state index contributed by atoms with van der Waals surface area (Å²) in [5, 5.41) is 11.6. The number of carboxylic acids is 1. The van der Waals surface area contributed by atoms with Gasteiger partial charge in [0, 0.05) is 17.6 Å². The Labute approximate surface area is 140 Å². The van der Waals surface area contributed by atoms with Crippen LogP contribution in [-0.2, 0) is 14.3 Å². The van der Waals surface area contributed by atoms with Crippen molar-refractivity contribution in [2.45, 2.75) is 31.1 Å². The molecular formula is C19H18NO4-. The van der Waals surface area contributed by atoms with E-state index < -0.39 is 29.5 Å². The second-order valence-corrected chi connectivity index (χ2v) is 6.84. The molecule has 2 saturated heterocycles. The molecule has 0 saturated carbocycles. The number of carboxylic acid groups (broad SMARTS) is 1. The molecule has 124 valence electrons. The quantitative estimate of drug-likeness (QED) is 0.777. The van der Waals surface area contributed by atoms with Crippen molar-refractivity contribution < 1.29 is 19.4 Å². The van der Waals surface area contributed by atoms with Crippen molar-refractivity contribution in [2.75, 3.05) is 4.90 Å². The molecule has 1 amide bonds. The van der Waals surface area contributed by atoms with Crippen LogP contribution in [0, 0.1) is 11.8 Å². The Kier molecular flexibility index (Phi) is 3.18. The minimum Gasteiger partial charge on any atom is -0.550 e. The number of carbonyl (C=O) groups is 2. The van der Waals surface area contributed by atoms with Gasteiger partial charge in [0.1, 0.15) is 5.60 Å². The van der Waals surface area contributed by atoms with Gasteiger partial charge < -0.3 is 19.5 Å². The fourth-order valence-corrected chi connectivity index (χ4v) is 4.40. The Balaban J connectivity index is 1.85. The smallest absolute Gasteiger partial charge is 0.234 e. The lowest BCUT2D eigenvalue weighted by molar-refractivity contribution is -0.313. The molecule has 2 fully saturated rings. The topological polar surface area (TPSA) is 69.7 Å². The van der Waals surface area contributed by atoms with E-state index in [0.717, 1.165) is 11.3 Å². The minimum absolute atomic E-state index is 0.214. The van der Waals surface area contributed by atoms with Crippen LogP contribution in [0.1, 0.15) is 13.3 Å². The number of nitrogens with zero attached hydrogens (tertiary/aromatic N) is 1. The zero-order valence-corrected chi connectivity index (χ0v) is 13.3. The van der Waals surface area contributed by atoms with E-state index in [0.29, 0.717) is 6.42 Å². The number of ether oxygens (including phenoxy) is 1. The predicted molar refractivity (Wildman–Crippen MR) is 85.9 cm³/mol. The van der Waals surface area contributed by atoms with Crippen LogP contribution in [0.3, 0.4) is 0 Å². The molecule has 5 atom stereocenters. The van der Waals surface area contributed by atoms with Crippen LogP contribution in [0.15, 0.2) is 54.6 Å². The first-order valence-electron chi connectivity index (χ1n) is 8.06. The van der Waals surface area contributed by atoms with Crippen molar-refractivity contribution in [3.63, 3.8) is 0 Å². The van der Waals surface area contributed by atoms with E-state index in [1.54, 1.807) is 11.0 Å². The molecule has 24 heavy (non-hydrogen) atoms. The van der Waals surface area contributed by atoms with Gasteiger partial charge in [-0.05, 0) is 25.5 Å². The largest absolute Gasteiger partial charge is 0.550 e. The average Bonchev–Trinajstić information content (AvgIpc) is 3.17. The summed E-state index contributed by atoms with van der Waals surface area (Å²) in [6, 6.07) is 8.99. The summed E-state index contributed by atoms with van der Waals surface area (Å²) in [7, 11) is 0. The first-order valence-corrected chi connectivity index (χ1v) is 8.06. The highest BCUT2D eigenvalue weighted by Crippen LogP contribution is 2.56. The van der Waals surface area contributed by atoms with Crippen LogP contribution < -0.4 is 10.0 Å². The van der Waals surface area contributed by atoms with Gasteiger partial charge in [0.15, 0.2) is 0 Å². The molecule has 0 unspecified atom stereocenters. The van der Waals surface area contributed by atoms with E-state index in [9.17, 15) is 14.7 Å². The van der Waals surface area contributed by atoms with Gasteiger partial charge in [-0.3, -0.25) is 4.79 Å². The highest BCUT2D eigenvalue weighted by atomic mass is 16.5. The molecule has 0 aromatic heterocycles. The molecule has 2 bridgehead atoms. The van der Waals surface area contributed by atoms with Gasteiger partial charge in [0.2, 0.25) is 5.91 Å². The zero-order valence-electron chi connectivity index (χ0n) is 13.3. The van der Waals surface area contributed by atoms with Gasteiger partial charge in [0.25, 0.3) is 0 Å². The maximum Gasteiger partial charge on any atom is 0.234 e. The lowest BCUT2D eigenvalue weighted by Crippen LogP contribution is -2.46. The summed E-state index contributed by atoms with van der Waals surface area (Å²) >= 11 is 0. The average molecular weight is 324 g/mol. The maximum absolute atomic E-state index is 13.2. The standard InChI is InChI=1S/C19H19NO4/c1-11(2)10-14-19-9-8-13(24-19)15(18(22)23)16(19)17(21)20(14)12-6-4-3-5-7-12/h3-9,13-16H,1,10H2,2H3,(H,22,23)/p-1/t13-,14-,15+,16-,19-/m1/s1. The number of hydrogen-bond donors (Lipinski definition) is 0. The molecule has 3 heterocycles.